The van der Waals surface area contributed by atoms with Crippen LogP contribution < -0.4 is 9.62 Å². The van der Waals surface area contributed by atoms with Gasteiger partial charge in [0.05, 0.1) is 4.90 Å². The normalized spacial score (nSPS) is 18.6. The van der Waals surface area contributed by atoms with Crippen molar-refractivity contribution in [2.75, 3.05) is 11.4 Å². The average Bonchev–Trinajstić information content (AvgIpc) is 2.58. The highest BCUT2D eigenvalue weighted by atomic mass is 35.5. The first-order valence-electron chi connectivity index (χ1n) is 7.62. The van der Waals surface area contributed by atoms with E-state index in [1.807, 2.05) is 30.3 Å². The summed E-state index contributed by atoms with van der Waals surface area (Å²) in [6.45, 7) is 0.585. The second kappa shape index (κ2) is 6.93. The van der Waals surface area contributed by atoms with Crippen LogP contribution in [0.25, 0.3) is 0 Å². The van der Waals surface area contributed by atoms with E-state index in [2.05, 4.69) is 4.72 Å². The zero-order valence-electron chi connectivity index (χ0n) is 12.9. The lowest BCUT2D eigenvalue weighted by atomic mass is 10.0. The predicted molar refractivity (Wildman–Crippen MR) is 93.6 cm³/mol. The number of amides is 1. The van der Waals surface area contributed by atoms with Crippen molar-refractivity contribution in [2.24, 2.45) is 0 Å². The maximum atomic E-state index is 12.7. The number of anilines is 1. The fraction of sp³-hybridized carbons (Fsp3) is 0.235. The van der Waals surface area contributed by atoms with Crippen LogP contribution in [0.3, 0.4) is 0 Å². The first-order valence-corrected chi connectivity index (χ1v) is 9.48. The van der Waals surface area contributed by atoms with Crippen LogP contribution in [-0.2, 0) is 14.8 Å². The molecular weight excluding hydrogens is 348 g/mol. The topological polar surface area (TPSA) is 66.5 Å². The molecule has 1 aliphatic rings. The predicted octanol–water partition coefficient (Wildman–Crippen LogP) is 2.81. The molecule has 1 fully saturated rings. The monoisotopic (exact) mass is 364 g/mol. The minimum Gasteiger partial charge on any atom is -0.311 e. The Hall–Kier alpha value is -1.89. The number of nitrogens with one attached hydrogen (secondary N) is 1. The van der Waals surface area contributed by atoms with E-state index in [0.29, 0.717) is 18.0 Å². The molecule has 0 unspecified atom stereocenters. The summed E-state index contributed by atoms with van der Waals surface area (Å²) < 4.78 is 27.5. The second-order valence-electron chi connectivity index (χ2n) is 5.60. The summed E-state index contributed by atoms with van der Waals surface area (Å²) in [4.78, 5) is 14.4. The van der Waals surface area contributed by atoms with Crippen LogP contribution in [0.2, 0.25) is 5.02 Å². The van der Waals surface area contributed by atoms with E-state index in [9.17, 15) is 13.2 Å². The van der Waals surface area contributed by atoms with Crippen molar-refractivity contribution in [2.45, 2.75) is 23.8 Å². The third-order valence-corrected chi connectivity index (χ3v) is 5.67. The van der Waals surface area contributed by atoms with Gasteiger partial charge >= 0.3 is 0 Å². The quantitative estimate of drug-likeness (QED) is 0.907. The number of carbonyl (C=O) groups excluding carboxylic acids is 1. The molecule has 1 heterocycles. The molecule has 1 N–H and O–H groups in total. The van der Waals surface area contributed by atoms with Gasteiger partial charge < -0.3 is 4.90 Å². The van der Waals surface area contributed by atoms with E-state index in [-0.39, 0.29) is 10.8 Å². The van der Waals surface area contributed by atoms with Crippen LogP contribution in [-0.4, -0.2) is 26.9 Å². The smallest absolute Gasteiger partial charge is 0.245 e. The molecule has 0 aliphatic carbocycles. The van der Waals surface area contributed by atoms with Gasteiger partial charge in [-0.3, -0.25) is 4.79 Å². The molecule has 0 bridgehead atoms. The Kier molecular flexibility index (Phi) is 4.89. The van der Waals surface area contributed by atoms with Crippen molar-refractivity contribution >= 4 is 33.2 Å². The van der Waals surface area contributed by atoms with Crippen molar-refractivity contribution in [1.29, 1.82) is 0 Å². The van der Waals surface area contributed by atoms with E-state index in [4.69, 9.17) is 11.6 Å². The standard InChI is InChI=1S/C17H17ClN2O3S/c18-13-8-10-15(11-9-13)24(22,23)19-16-7-4-12-20(17(16)21)14-5-2-1-3-6-14/h1-3,5-6,8-11,16,19H,4,7,12H2/t16-/m1/s1. The number of carbonyl (C=O) groups is 1. The van der Waals surface area contributed by atoms with Gasteiger partial charge in [0.25, 0.3) is 0 Å². The molecule has 0 saturated carbocycles. The van der Waals surface area contributed by atoms with Crippen LogP contribution in [0.1, 0.15) is 12.8 Å². The molecule has 5 nitrogen and oxygen atoms in total. The Bertz CT molecular complexity index is 823. The molecule has 126 valence electrons. The summed E-state index contributed by atoms with van der Waals surface area (Å²) in [5.74, 6) is -0.231. The number of para-hydroxylation sites is 1. The van der Waals surface area contributed by atoms with E-state index in [1.165, 1.54) is 24.3 Å². The second-order valence-corrected chi connectivity index (χ2v) is 7.75. The lowest BCUT2D eigenvalue weighted by Gasteiger charge is -2.32. The van der Waals surface area contributed by atoms with Gasteiger partial charge in [-0.05, 0) is 49.2 Å². The molecule has 7 heteroatoms. The van der Waals surface area contributed by atoms with E-state index >= 15 is 0 Å². The Morgan fingerprint density at radius 2 is 1.71 bits per heavy atom. The van der Waals surface area contributed by atoms with Crippen LogP contribution in [0.15, 0.2) is 59.5 Å². The Morgan fingerprint density at radius 1 is 1.04 bits per heavy atom. The van der Waals surface area contributed by atoms with Crippen molar-refractivity contribution in [3.8, 4) is 0 Å². The number of hydrogen-bond acceptors (Lipinski definition) is 3. The highest BCUT2D eigenvalue weighted by Crippen LogP contribution is 2.22. The van der Waals surface area contributed by atoms with Gasteiger partial charge in [0.2, 0.25) is 15.9 Å². The third kappa shape index (κ3) is 3.61. The maximum Gasteiger partial charge on any atom is 0.245 e. The van der Waals surface area contributed by atoms with E-state index < -0.39 is 16.1 Å². The SMILES string of the molecule is O=C1[C@H](NS(=O)(=O)c2ccc(Cl)cc2)CCCN1c1ccccc1. The molecule has 0 radical (unpaired) electrons. The minimum absolute atomic E-state index is 0.0940. The van der Waals surface area contributed by atoms with Gasteiger partial charge in [-0.25, -0.2) is 8.42 Å². The largest absolute Gasteiger partial charge is 0.311 e. The first-order chi connectivity index (χ1) is 11.5. The van der Waals surface area contributed by atoms with Crippen molar-refractivity contribution in [3.05, 3.63) is 59.6 Å². The maximum absolute atomic E-state index is 12.7. The molecule has 24 heavy (non-hydrogen) atoms. The molecular formula is C17H17ClN2O3S. The van der Waals surface area contributed by atoms with Crippen molar-refractivity contribution < 1.29 is 13.2 Å². The zero-order chi connectivity index (χ0) is 17.2. The summed E-state index contributed by atoms with van der Waals surface area (Å²) in [6, 6.07) is 14.4. The van der Waals surface area contributed by atoms with Gasteiger partial charge in [-0.2, -0.15) is 4.72 Å². The van der Waals surface area contributed by atoms with Crippen LogP contribution in [0.5, 0.6) is 0 Å². The molecule has 0 aromatic heterocycles. The molecule has 2 aromatic carbocycles. The Labute approximate surface area is 146 Å². The number of benzene rings is 2. The van der Waals surface area contributed by atoms with E-state index in [0.717, 1.165) is 12.1 Å². The summed E-state index contributed by atoms with van der Waals surface area (Å²) in [7, 11) is -3.77. The lowest BCUT2D eigenvalue weighted by molar-refractivity contribution is -0.121. The Balaban J connectivity index is 1.79. The zero-order valence-corrected chi connectivity index (χ0v) is 14.4. The number of piperidine rings is 1. The summed E-state index contributed by atoms with van der Waals surface area (Å²) in [6.07, 6.45) is 1.21. The van der Waals surface area contributed by atoms with Crippen molar-refractivity contribution in [1.82, 2.24) is 4.72 Å². The third-order valence-electron chi connectivity index (χ3n) is 3.93. The van der Waals surface area contributed by atoms with Crippen LogP contribution in [0.4, 0.5) is 5.69 Å². The van der Waals surface area contributed by atoms with Crippen molar-refractivity contribution in [3.63, 3.8) is 0 Å². The van der Waals surface area contributed by atoms with Crippen LogP contribution in [0, 0.1) is 0 Å². The summed E-state index contributed by atoms with van der Waals surface area (Å²) >= 11 is 5.79. The molecule has 3 rings (SSSR count). The fourth-order valence-electron chi connectivity index (χ4n) is 2.72. The highest BCUT2D eigenvalue weighted by Gasteiger charge is 2.33. The van der Waals surface area contributed by atoms with Crippen LogP contribution >= 0.6 is 11.6 Å². The average molecular weight is 365 g/mol. The molecule has 1 atom stereocenters. The van der Waals surface area contributed by atoms with Gasteiger partial charge in [0, 0.05) is 17.3 Å². The lowest BCUT2D eigenvalue weighted by Crippen LogP contribution is -2.52. The van der Waals surface area contributed by atoms with E-state index in [1.54, 1.807) is 4.90 Å². The minimum atomic E-state index is -3.77. The molecule has 1 amide bonds. The number of halogens is 1. The van der Waals surface area contributed by atoms with Gasteiger partial charge in [-0.1, -0.05) is 29.8 Å². The molecule has 1 aliphatic heterocycles. The van der Waals surface area contributed by atoms with Gasteiger partial charge in [0.1, 0.15) is 6.04 Å². The highest BCUT2D eigenvalue weighted by molar-refractivity contribution is 7.89. The number of rotatable bonds is 4. The number of hydrogen-bond donors (Lipinski definition) is 1. The molecule has 1 saturated heterocycles. The first kappa shape index (κ1) is 17.0. The molecule has 2 aromatic rings. The van der Waals surface area contributed by atoms with Gasteiger partial charge in [0.15, 0.2) is 0 Å². The van der Waals surface area contributed by atoms with Gasteiger partial charge in [-0.15, -0.1) is 0 Å². The number of nitrogens with zero attached hydrogens (tertiary/aromatic N) is 1. The Morgan fingerprint density at radius 3 is 2.38 bits per heavy atom. The number of sulfonamides is 1. The summed E-state index contributed by atoms with van der Waals surface area (Å²) in [5.41, 5.74) is 0.776. The molecule has 0 spiro atoms. The fourth-order valence-corrected chi connectivity index (χ4v) is 4.07. The summed E-state index contributed by atoms with van der Waals surface area (Å²) in [5, 5.41) is 0.456.